The molecule has 0 amide bonds. The predicted octanol–water partition coefficient (Wildman–Crippen LogP) is 3.30. The molecule has 1 fully saturated rings. The number of halogens is 1. The maximum absolute atomic E-state index is 6.37. The molecule has 0 spiro atoms. The number of hydrogen-bond donors (Lipinski definition) is 2. The van der Waals surface area contributed by atoms with Gasteiger partial charge in [-0.25, -0.2) is 9.97 Å². The number of aromatic nitrogens is 4. The molecule has 10 nitrogen and oxygen atoms in total. The summed E-state index contributed by atoms with van der Waals surface area (Å²) in [5, 5.41) is 14.3. The maximum atomic E-state index is 6.37. The summed E-state index contributed by atoms with van der Waals surface area (Å²) >= 11 is 7.96. The van der Waals surface area contributed by atoms with Crippen LogP contribution in [0.15, 0.2) is 40.3 Å². The Bertz CT molecular complexity index is 1190. The lowest BCUT2D eigenvalue weighted by Crippen LogP contribution is -2.48. The molecule has 5 rings (SSSR count). The zero-order valence-electron chi connectivity index (χ0n) is 19.7. The monoisotopic (exact) mass is 513 g/mol. The van der Waals surface area contributed by atoms with Crippen LogP contribution in [0.25, 0.3) is 11.5 Å². The number of nitrogens with two attached hydrogens (primary N) is 1. The summed E-state index contributed by atoms with van der Waals surface area (Å²) in [4.78, 5) is 16.1. The van der Waals surface area contributed by atoms with Gasteiger partial charge in [0.2, 0.25) is 0 Å². The number of piperazine rings is 1. The third-order valence-corrected chi connectivity index (χ3v) is 7.20. The highest BCUT2D eigenvalue weighted by molar-refractivity contribution is 8.03. The van der Waals surface area contributed by atoms with Crippen molar-refractivity contribution in [1.29, 1.82) is 0 Å². The van der Waals surface area contributed by atoms with E-state index in [-0.39, 0.29) is 5.50 Å². The van der Waals surface area contributed by atoms with Gasteiger partial charge in [0.15, 0.2) is 5.50 Å². The van der Waals surface area contributed by atoms with Gasteiger partial charge in [0.25, 0.3) is 5.89 Å². The lowest BCUT2D eigenvalue weighted by atomic mass is 10.1. The van der Waals surface area contributed by atoms with Crippen molar-refractivity contribution in [3.05, 3.63) is 52.3 Å². The fourth-order valence-corrected chi connectivity index (χ4v) is 5.36. The number of anilines is 3. The van der Waals surface area contributed by atoms with E-state index in [1.807, 2.05) is 54.6 Å². The van der Waals surface area contributed by atoms with E-state index in [9.17, 15) is 0 Å². The third-order valence-electron chi connectivity index (χ3n) is 6.01. The largest absolute Gasteiger partial charge is 0.403 e. The van der Waals surface area contributed by atoms with Gasteiger partial charge in [-0.15, -0.1) is 5.10 Å². The number of thioether (sulfide) groups is 1. The minimum atomic E-state index is -0.195. The van der Waals surface area contributed by atoms with E-state index >= 15 is 0 Å². The highest BCUT2D eigenvalue weighted by Gasteiger charge is 2.27. The SMILES string of the molecule is Cc1nc(N2CCN(CCN)CC2)cc(N2C=CSC2Nc2nnc(-c3c(C)cccc3Cl)o2)n1. The number of aryl methyl sites for hydroxylation is 2. The smallest absolute Gasteiger partial charge is 0.318 e. The van der Waals surface area contributed by atoms with Gasteiger partial charge in [0, 0.05) is 51.5 Å². The van der Waals surface area contributed by atoms with Gasteiger partial charge in [-0.1, -0.05) is 40.6 Å². The molecular formula is C23H28ClN9OS. The summed E-state index contributed by atoms with van der Waals surface area (Å²) in [6.07, 6.45) is 1.99. The number of benzene rings is 1. The summed E-state index contributed by atoms with van der Waals surface area (Å²) in [5.74, 6) is 2.84. The molecule has 3 aromatic rings. The van der Waals surface area contributed by atoms with Crippen LogP contribution in [0.5, 0.6) is 0 Å². The Morgan fingerprint density at radius 3 is 2.71 bits per heavy atom. The fourth-order valence-electron chi connectivity index (χ4n) is 4.22. The van der Waals surface area contributed by atoms with Crippen LogP contribution in [0.2, 0.25) is 5.02 Å². The lowest BCUT2D eigenvalue weighted by molar-refractivity contribution is 0.264. The van der Waals surface area contributed by atoms with E-state index in [2.05, 4.69) is 25.3 Å². The average molecular weight is 514 g/mol. The van der Waals surface area contributed by atoms with Crippen molar-refractivity contribution in [2.45, 2.75) is 19.3 Å². The molecule has 0 aliphatic carbocycles. The van der Waals surface area contributed by atoms with Crippen LogP contribution in [0.3, 0.4) is 0 Å². The second-order valence-electron chi connectivity index (χ2n) is 8.42. The summed E-state index contributed by atoms with van der Waals surface area (Å²) in [6.45, 7) is 9.27. The van der Waals surface area contributed by atoms with Gasteiger partial charge >= 0.3 is 6.01 Å². The van der Waals surface area contributed by atoms with Crippen molar-refractivity contribution < 1.29 is 4.42 Å². The van der Waals surface area contributed by atoms with Crippen molar-refractivity contribution in [3.63, 3.8) is 0 Å². The van der Waals surface area contributed by atoms with Gasteiger partial charge in [-0.05, 0) is 30.9 Å². The summed E-state index contributed by atoms with van der Waals surface area (Å²) in [7, 11) is 0. The second-order valence-corrected chi connectivity index (χ2v) is 9.82. The summed E-state index contributed by atoms with van der Waals surface area (Å²) in [5.41, 5.74) is 7.23. The maximum Gasteiger partial charge on any atom is 0.318 e. The Morgan fingerprint density at radius 2 is 1.94 bits per heavy atom. The minimum absolute atomic E-state index is 0.195. The minimum Gasteiger partial charge on any atom is -0.403 e. The van der Waals surface area contributed by atoms with Crippen molar-refractivity contribution in [3.8, 4) is 11.5 Å². The summed E-state index contributed by atoms with van der Waals surface area (Å²) in [6, 6.07) is 8.01. The molecule has 4 heterocycles. The second kappa shape index (κ2) is 10.4. The zero-order chi connectivity index (χ0) is 24.4. The zero-order valence-corrected chi connectivity index (χ0v) is 21.3. The molecule has 0 saturated carbocycles. The Balaban J connectivity index is 1.32. The van der Waals surface area contributed by atoms with Crippen molar-refractivity contribution in [2.24, 2.45) is 5.73 Å². The van der Waals surface area contributed by atoms with E-state index in [1.54, 1.807) is 11.8 Å². The van der Waals surface area contributed by atoms with Crippen molar-refractivity contribution in [1.82, 2.24) is 25.1 Å². The van der Waals surface area contributed by atoms with E-state index in [4.69, 9.17) is 31.7 Å². The molecule has 1 saturated heterocycles. The van der Waals surface area contributed by atoms with Gasteiger partial charge in [0.05, 0.1) is 10.6 Å². The quantitative estimate of drug-likeness (QED) is 0.485. The van der Waals surface area contributed by atoms with Crippen LogP contribution >= 0.6 is 23.4 Å². The van der Waals surface area contributed by atoms with Crippen LogP contribution in [0, 0.1) is 13.8 Å². The molecule has 1 atom stereocenters. The standard InChI is InChI=1S/C23H28ClN9OS/c1-15-4-3-5-17(24)20(15)21-29-30-22(34-21)28-23-33(12-13-35-23)19-14-18(26-16(2)27-19)32-10-8-31(7-6-25)9-11-32/h3-5,12-14,23H,6-11,25H2,1-2H3,(H,28,30). The first kappa shape index (κ1) is 23.9. The van der Waals surface area contributed by atoms with Crippen LogP contribution in [0.1, 0.15) is 11.4 Å². The Hall–Kier alpha value is -2.86. The fraction of sp³-hybridized carbons (Fsp3) is 0.391. The number of hydrogen-bond acceptors (Lipinski definition) is 11. The molecule has 3 N–H and O–H groups in total. The Morgan fingerprint density at radius 1 is 1.14 bits per heavy atom. The number of rotatable bonds is 7. The highest BCUT2D eigenvalue weighted by atomic mass is 35.5. The molecule has 35 heavy (non-hydrogen) atoms. The van der Waals surface area contributed by atoms with Crippen LogP contribution in [-0.2, 0) is 0 Å². The van der Waals surface area contributed by atoms with Crippen LogP contribution < -0.4 is 20.9 Å². The number of nitrogens with one attached hydrogen (secondary N) is 1. The number of nitrogens with zero attached hydrogens (tertiary/aromatic N) is 7. The molecule has 1 aromatic carbocycles. The molecule has 0 bridgehead atoms. The average Bonchev–Trinajstić information content (AvgIpc) is 3.49. The van der Waals surface area contributed by atoms with Gasteiger partial charge in [-0.2, -0.15) is 0 Å². The molecule has 0 radical (unpaired) electrons. The van der Waals surface area contributed by atoms with Crippen LogP contribution in [0.4, 0.5) is 17.7 Å². The summed E-state index contributed by atoms with van der Waals surface area (Å²) < 4.78 is 5.91. The highest BCUT2D eigenvalue weighted by Crippen LogP contribution is 2.34. The third kappa shape index (κ3) is 5.22. The van der Waals surface area contributed by atoms with E-state index in [1.165, 1.54) is 0 Å². The molecular weight excluding hydrogens is 486 g/mol. The molecule has 2 aliphatic heterocycles. The van der Waals surface area contributed by atoms with Crippen LogP contribution in [-0.4, -0.2) is 69.8 Å². The lowest BCUT2D eigenvalue weighted by Gasteiger charge is -2.35. The molecule has 12 heteroatoms. The Labute approximate surface area is 213 Å². The molecule has 2 aliphatic rings. The topological polar surface area (TPSA) is 112 Å². The first-order chi connectivity index (χ1) is 17.0. The first-order valence-electron chi connectivity index (χ1n) is 11.5. The predicted molar refractivity (Wildman–Crippen MR) is 141 cm³/mol. The van der Waals surface area contributed by atoms with Gasteiger partial charge in [-0.3, -0.25) is 4.90 Å². The Kier molecular flexibility index (Phi) is 7.09. The van der Waals surface area contributed by atoms with Gasteiger partial charge < -0.3 is 25.3 Å². The normalized spacial score (nSPS) is 18.5. The van der Waals surface area contributed by atoms with Gasteiger partial charge in [0.1, 0.15) is 17.5 Å². The van der Waals surface area contributed by atoms with E-state index in [0.29, 0.717) is 23.5 Å². The van der Waals surface area contributed by atoms with E-state index < -0.39 is 0 Å². The van der Waals surface area contributed by atoms with E-state index in [0.717, 1.165) is 61.3 Å². The molecule has 2 aromatic heterocycles. The van der Waals surface area contributed by atoms with Crippen molar-refractivity contribution in [2.75, 3.05) is 54.4 Å². The molecule has 184 valence electrons. The molecule has 1 unspecified atom stereocenters. The van der Waals surface area contributed by atoms with Crippen molar-refractivity contribution >= 4 is 41.0 Å². The first-order valence-corrected chi connectivity index (χ1v) is 12.8.